The molecule has 0 aromatic carbocycles. The van der Waals surface area contributed by atoms with Crippen molar-refractivity contribution >= 4 is 0 Å². The van der Waals surface area contributed by atoms with Crippen molar-refractivity contribution in [3.8, 4) is 0 Å². The van der Waals surface area contributed by atoms with E-state index in [0.29, 0.717) is 12.0 Å². The average molecular weight is 268 g/mol. The van der Waals surface area contributed by atoms with Crippen molar-refractivity contribution in [3.63, 3.8) is 0 Å². The van der Waals surface area contributed by atoms with Gasteiger partial charge in [-0.15, -0.1) is 0 Å². The molecule has 1 saturated carbocycles. The van der Waals surface area contributed by atoms with Crippen molar-refractivity contribution in [1.82, 2.24) is 10.2 Å². The highest BCUT2D eigenvalue weighted by Crippen LogP contribution is 2.40. The van der Waals surface area contributed by atoms with Gasteiger partial charge < -0.3 is 15.3 Å². The predicted molar refractivity (Wildman–Crippen MR) is 80.3 cm³/mol. The van der Waals surface area contributed by atoms with E-state index in [0.717, 1.165) is 12.5 Å². The summed E-state index contributed by atoms with van der Waals surface area (Å²) in [5, 5.41) is 13.7. The lowest BCUT2D eigenvalue weighted by atomic mass is 9.92. The Morgan fingerprint density at radius 1 is 1.21 bits per heavy atom. The standard InChI is InChI=1S/C16H32N2O/c1-13(2)17-16(12-19,15-6-7-15)11-18-9-4-5-14(3)8-10-18/h13-15,17,19H,4-12H2,1-3H3. The second-order valence-electron chi connectivity index (χ2n) is 7.20. The lowest BCUT2D eigenvalue weighted by molar-refractivity contribution is 0.0844. The van der Waals surface area contributed by atoms with E-state index in [1.165, 1.54) is 45.2 Å². The molecule has 0 radical (unpaired) electrons. The molecule has 112 valence electrons. The molecule has 1 aliphatic carbocycles. The van der Waals surface area contributed by atoms with E-state index in [1.807, 2.05) is 0 Å². The molecule has 2 fully saturated rings. The normalized spacial score (nSPS) is 29.2. The quantitative estimate of drug-likeness (QED) is 0.775. The first kappa shape index (κ1) is 15.3. The van der Waals surface area contributed by atoms with Crippen LogP contribution in [0.4, 0.5) is 0 Å². The van der Waals surface area contributed by atoms with Gasteiger partial charge in [0.05, 0.1) is 12.1 Å². The Morgan fingerprint density at radius 2 is 1.95 bits per heavy atom. The zero-order valence-electron chi connectivity index (χ0n) is 13.0. The van der Waals surface area contributed by atoms with E-state index < -0.39 is 0 Å². The number of aliphatic hydroxyl groups is 1. The van der Waals surface area contributed by atoms with Gasteiger partial charge in [-0.2, -0.15) is 0 Å². The molecule has 3 heteroatoms. The van der Waals surface area contributed by atoms with Gasteiger partial charge in [-0.3, -0.25) is 0 Å². The van der Waals surface area contributed by atoms with Crippen LogP contribution < -0.4 is 5.32 Å². The van der Waals surface area contributed by atoms with Gasteiger partial charge in [0, 0.05) is 12.6 Å². The van der Waals surface area contributed by atoms with Gasteiger partial charge in [0.25, 0.3) is 0 Å². The lowest BCUT2D eigenvalue weighted by Gasteiger charge is -2.39. The van der Waals surface area contributed by atoms with E-state index in [9.17, 15) is 5.11 Å². The maximum atomic E-state index is 10.00. The van der Waals surface area contributed by atoms with Gasteiger partial charge >= 0.3 is 0 Å². The van der Waals surface area contributed by atoms with Crippen molar-refractivity contribution in [2.75, 3.05) is 26.2 Å². The molecule has 2 aliphatic rings. The van der Waals surface area contributed by atoms with Crippen LogP contribution in [0.1, 0.15) is 52.9 Å². The molecule has 19 heavy (non-hydrogen) atoms. The summed E-state index contributed by atoms with van der Waals surface area (Å²) in [5.74, 6) is 1.55. The average Bonchev–Trinajstić information content (AvgIpc) is 3.17. The molecule has 0 bridgehead atoms. The SMILES string of the molecule is CC1CCCN(CC(CO)(NC(C)C)C2CC2)CC1. The summed E-state index contributed by atoms with van der Waals surface area (Å²) in [6.07, 6.45) is 6.56. The number of nitrogens with one attached hydrogen (secondary N) is 1. The number of hydrogen-bond acceptors (Lipinski definition) is 3. The van der Waals surface area contributed by atoms with Crippen LogP contribution in [-0.2, 0) is 0 Å². The molecule has 0 spiro atoms. The van der Waals surface area contributed by atoms with Gasteiger partial charge in [0.2, 0.25) is 0 Å². The number of nitrogens with zero attached hydrogens (tertiary/aromatic N) is 1. The summed E-state index contributed by atoms with van der Waals surface area (Å²) >= 11 is 0. The second kappa shape index (κ2) is 6.55. The molecule has 0 aromatic heterocycles. The molecule has 2 unspecified atom stereocenters. The zero-order valence-corrected chi connectivity index (χ0v) is 13.0. The Morgan fingerprint density at radius 3 is 2.53 bits per heavy atom. The van der Waals surface area contributed by atoms with Crippen molar-refractivity contribution < 1.29 is 5.11 Å². The molecule has 2 N–H and O–H groups in total. The van der Waals surface area contributed by atoms with Crippen LogP contribution in [0.25, 0.3) is 0 Å². The largest absolute Gasteiger partial charge is 0.394 e. The first-order chi connectivity index (χ1) is 9.05. The highest BCUT2D eigenvalue weighted by atomic mass is 16.3. The summed E-state index contributed by atoms with van der Waals surface area (Å²) in [6.45, 7) is 10.5. The fourth-order valence-corrected chi connectivity index (χ4v) is 3.61. The van der Waals surface area contributed by atoms with Crippen LogP contribution in [0.3, 0.4) is 0 Å². The Hall–Kier alpha value is -0.120. The second-order valence-corrected chi connectivity index (χ2v) is 7.20. The van der Waals surface area contributed by atoms with Gasteiger partial charge in [-0.25, -0.2) is 0 Å². The smallest absolute Gasteiger partial charge is 0.0628 e. The maximum Gasteiger partial charge on any atom is 0.0628 e. The Kier molecular flexibility index (Phi) is 5.27. The Bertz CT molecular complexity index is 278. The van der Waals surface area contributed by atoms with E-state index in [-0.39, 0.29) is 12.1 Å². The maximum absolute atomic E-state index is 10.00. The van der Waals surface area contributed by atoms with Crippen LogP contribution in [-0.4, -0.2) is 47.8 Å². The minimum atomic E-state index is -0.0538. The van der Waals surface area contributed by atoms with Crippen LogP contribution in [0.5, 0.6) is 0 Å². The van der Waals surface area contributed by atoms with Crippen molar-refractivity contribution in [2.24, 2.45) is 11.8 Å². The van der Waals surface area contributed by atoms with E-state index in [4.69, 9.17) is 0 Å². The fraction of sp³-hybridized carbons (Fsp3) is 1.00. The van der Waals surface area contributed by atoms with Crippen LogP contribution >= 0.6 is 0 Å². The minimum absolute atomic E-state index is 0.0538. The van der Waals surface area contributed by atoms with Crippen molar-refractivity contribution in [1.29, 1.82) is 0 Å². The molecule has 3 nitrogen and oxygen atoms in total. The third-order valence-electron chi connectivity index (χ3n) is 4.83. The molecule has 1 saturated heterocycles. The number of aliphatic hydroxyl groups excluding tert-OH is 1. The highest BCUT2D eigenvalue weighted by molar-refractivity contribution is 5.03. The van der Waals surface area contributed by atoms with E-state index in [1.54, 1.807) is 0 Å². The number of likely N-dealkylation sites (tertiary alicyclic amines) is 1. The van der Waals surface area contributed by atoms with Gasteiger partial charge in [-0.1, -0.05) is 20.8 Å². The van der Waals surface area contributed by atoms with Crippen molar-refractivity contribution in [2.45, 2.75) is 64.5 Å². The Labute approximate surface area is 118 Å². The summed E-state index contributed by atoms with van der Waals surface area (Å²) in [6, 6.07) is 0.443. The molecule has 1 heterocycles. The predicted octanol–water partition coefficient (Wildman–Crippen LogP) is 2.25. The van der Waals surface area contributed by atoms with E-state index in [2.05, 4.69) is 31.0 Å². The van der Waals surface area contributed by atoms with Gasteiger partial charge in [0.15, 0.2) is 0 Å². The number of rotatable bonds is 6. The highest BCUT2D eigenvalue weighted by Gasteiger charge is 2.46. The summed E-state index contributed by atoms with van der Waals surface area (Å²) < 4.78 is 0. The number of hydrogen-bond donors (Lipinski definition) is 2. The summed E-state index contributed by atoms with van der Waals surface area (Å²) in [5.41, 5.74) is -0.0538. The van der Waals surface area contributed by atoms with Gasteiger partial charge in [-0.05, 0) is 57.0 Å². The van der Waals surface area contributed by atoms with E-state index >= 15 is 0 Å². The molecule has 1 aliphatic heterocycles. The molecule has 0 amide bonds. The van der Waals surface area contributed by atoms with Crippen LogP contribution in [0, 0.1) is 11.8 Å². The van der Waals surface area contributed by atoms with Crippen molar-refractivity contribution in [3.05, 3.63) is 0 Å². The molecular formula is C16H32N2O. The monoisotopic (exact) mass is 268 g/mol. The van der Waals surface area contributed by atoms with Crippen LogP contribution in [0.15, 0.2) is 0 Å². The zero-order chi connectivity index (χ0) is 13.9. The summed E-state index contributed by atoms with van der Waals surface area (Å²) in [4.78, 5) is 2.59. The summed E-state index contributed by atoms with van der Waals surface area (Å²) in [7, 11) is 0. The molecular weight excluding hydrogens is 236 g/mol. The molecule has 2 atom stereocenters. The lowest BCUT2D eigenvalue weighted by Crippen LogP contribution is -2.60. The Balaban J connectivity index is 1.98. The fourth-order valence-electron chi connectivity index (χ4n) is 3.61. The van der Waals surface area contributed by atoms with Gasteiger partial charge in [0.1, 0.15) is 0 Å². The first-order valence-electron chi connectivity index (χ1n) is 8.16. The molecule has 0 aromatic rings. The van der Waals surface area contributed by atoms with Crippen LogP contribution in [0.2, 0.25) is 0 Å². The third kappa shape index (κ3) is 4.17. The minimum Gasteiger partial charge on any atom is -0.394 e. The molecule has 2 rings (SSSR count). The third-order valence-corrected chi connectivity index (χ3v) is 4.83. The first-order valence-corrected chi connectivity index (χ1v) is 8.16. The topological polar surface area (TPSA) is 35.5 Å².